The fraction of sp³-hybridized carbons (Fsp3) is 0.381. The van der Waals surface area contributed by atoms with Crippen LogP contribution >= 0.6 is 11.6 Å². The topological polar surface area (TPSA) is 75.7 Å². The molecule has 154 valence electrons. The van der Waals surface area contributed by atoms with E-state index in [0.717, 1.165) is 31.2 Å². The Hall–Kier alpha value is -2.09. The van der Waals surface area contributed by atoms with Gasteiger partial charge in [-0.15, -0.1) is 0 Å². The van der Waals surface area contributed by atoms with E-state index in [4.69, 9.17) is 16.3 Å². The summed E-state index contributed by atoms with van der Waals surface area (Å²) in [7, 11) is -3.58. The summed E-state index contributed by atoms with van der Waals surface area (Å²) in [6, 6.07) is 11.7. The molecule has 2 aromatic rings. The first-order chi connectivity index (χ1) is 13.9. The predicted octanol–water partition coefficient (Wildman–Crippen LogP) is 3.85. The number of sulfonamides is 1. The summed E-state index contributed by atoms with van der Waals surface area (Å²) < 4.78 is 33.2. The summed E-state index contributed by atoms with van der Waals surface area (Å²) in [4.78, 5) is 12.8. The van der Waals surface area contributed by atoms with Crippen LogP contribution < -0.4 is 10.1 Å². The quantitative estimate of drug-likeness (QED) is 0.793. The van der Waals surface area contributed by atoms with Crippen LogP contribution in [0.5, 0.6) is 5.75 Å². The number of fused-ring (bicyclic) bond motifs is 1. The van der Waals surface area contributed by atoms with Gasteiger partial charge in [-0.2, -0.15) is 4.31 Å². The Morgan fingerprint density at radius 2 is 1.83 bits per heavy atom. The third-order valence-electron chi connectivity index (χ3n) is 5.29. The predicted molar refractivity (Wildman–Crippen MR) is 112 cm³/mol. The number of hydrogen-bond donors (Lipinski definition) is 1. The van der Waals surface area contributed by atoms with Gasteiger partial charge in [0.15, 0.2) is 6.10 Å². The van der Waals surface area contributed by atoms with E-state index in [-0.39, 0.29) is 10.8 Å². The van der Waals surface area contributed by atoms with E-state index in [9.17, 15) is 13.2 Å². The van der Waals surface area contributed by atoms with Crippen molar-refractivity contribution in [1.29, 1.82) is 0 Å². The Bertz CT molecular complexity index is 1020. The number of hydrogen-bond acceptors (Lipinski definition) is 4. The molecule has 4 rings (SSSR count). The molecule has 0 aliphatic carbocycles. The maximum absolute atomic E-state index is 13.0. The third-order valence-corrected chi connectivity index (χ3v) is 7.42. The molecule has 1 unspecified atom stereocenters. The van der Waals surface area contributed by atoms with E-state index < -0.39 is 16.1 Å². The highest BCUT2D eigenvalue weighted by Crippen LogP contribution is 2.31. The number of benzene rings is 2. The molecule has 1 N–H and O–H groups in total. The average molecular weight is 435 g/mol. The van der Waals surface area contributed by atoms with Crippen LogP contribution in [0.2, 0.25) is 5.02 Å². The lowest BCUT2D eigenvalue weighted by Crippen LogP contribution is -2.32. The maximum Gasteiger partial charge on any atom is 0.265 e. The van der Waals surface area contributed by atoms with Crippen molar-refractivity contribution in [2.24, 2.45) is 0 Å². The molecule has 2 aromatic carbocycles. The zero-order valence-electron chi connectivity index (χ0n) is 15.9. The second-order valence-electron chi connectivity index (χ2n) is 7.40. The Balaban J connectivity index is 1.47. The smallest absolute Gasteiger partial charge is 0.265 e. The highest BCUT2D eigenvalue weighted by molar-refractivity contribution is 7.89. The molecule has 0 radical (unpaired) electrons. The average Bonchev–Trinajstić information content (AvgIpc) is 2.92. The van der Waals surface area contributed by atoms with E-state index in [1.165, 1.54) is 6.07 Å². The summed E-state index contributed by atoms with van der Waals surface area (Å²) in [6.45, 7) is 1.07. The molecule has 0 saturated carbocycles. The fourth-order valence-corrected chi connectivity index (χ4v) is 5.51. The SMILES string of the molecule is O=C(Nc1cccc(S(=O)(=O)N2CCCCCC2)c1)C1Cc2cc(Cl)ccc2O1. The van der Waals surface area contributed by atoms with Gasteiger partial charge >= 0.3 is 0 Å². The molecule has 0 spiro atoms. The lowest BCUT2D eigenvalue weighted by atomic mass is 10.1. The molecule has 0 bridgehead atoms. The highest BCUT2D eigenvalue weighted by Gasteiger charge is 2.30. The van der Waals surface area contributed by atoms with Crippen molar-refractivity contribution in [3.05, 3.63) is 53.1 Å². The molecule has 1 fully saturated rings. The number of amides is 1. The monoisotopic (exact) mass is 434 g/mol. The van der Waals surface area contributed by atoms with Crippen LogP contribution in [0.3, 0.4) is 0 Å². The number of rotatable bonds is 4. The minimum Gasteiger partial charge on any atom is -0.480 e. The molecule has 1 saturated heterocycles. The molecule has 1 atom stereocenters. The summed E-state index contributed by atoms with van der Waals surface area (Å²) in [5.41, 5.74) is 1.32. The first kappa shape index (κ1) is 20.2. The first-order valence-corrected chi connectivity index (χ1v) is 11.6. The number of nitrogens with zero attached hydrogens (tertiary/aromatic N) is 1. The first-order valence-electron chi connectivity index (χ1n) is 9.80. The van der Waals surface area contributed by atoms with Crippen LogP contribution in [0.15, 0.2) is 47.4 Å². The number of anilines is 1. The Labute approximate surface area is 175 Å². The maximum atomic E-state index is 13.0. The number of ether oxygens (including phenoxy) is 1. The van der Waals surface area contributed by atoms with Gasteiger partial charge < -0.3 is 10.1 Å². The van der Waals surface area contributed by atoms with Gasteiger partial charge in [0.1, 0.15) is 5.75 Å². The highest BCUT2D eigenvalue weighted by atomic mass is 35.5. The summed E-state index contributed by atoms with van der Waals surface area (Å²) >= 11 is 6.00. The van der Waals surface area contributed by atoms with E-state index in [1.54, 1.807) is 40.7 Å². The molecule has 29 heavy (non-hydrogen) atoms. The van der Waals surface area contributed by atoms with Gasteiger partial charge in [-0.3, -0.25) is 4.79 Å². The Morgan fingerprint density at radius 1 is 1.07 bits per heavy atom. The van der Waals surface area contributed by atoms with E-state index in [1.807, 2.05) is 0 Å². The molecule has 2 aliphatic rings. The van der Waals surface area contributed by atoms with E-state index in [2.05, 4.69) is 5.32 Å². The minimum absolute atomic E-state index is 0.194. The standard InChI is InChI=1S/C21H23ClN2O4S/c22-16-8-9-19-15(12-16)13-20(28-19)21(25)23-17-6-5-7-18(14-17)29(26,27)24-10-3-1-2-4-11-24/h5-9,12,14,20H,1-4,10-11,13H2,(H,23,25). The molecule has 8 heteroatoms. The Morgan fingerprint density at radius 3 is 2.59 bits per heavy atom. The van der Waals surface area contributed by atoms with E-state index >= 15 is 0 Å². The van der Waals surface area contributed by atoms with Crippen molar-refractivity contribution >= 4 is 33.2 Å². The van der Waals surface area contributed by atoms with Gasteiger partial charge in [-0.05, 0) is 54.8 Å². The van der Waals surface area contributed by atoms with Crippen molar-refractivity contribution in [2.45, 2.75) is 43.1 Å². The van der Waals surface area contributed by atoms with Gasteiger partial charge in [0.05, 0.1) is 4.90 Å². The van der Waals surface area contributed by atoms with Crippen molar-refractivity contribution < 1.29 is 17.9 Å². The van der Waals surface area contributed by atoms with Crippen molar-refractivity contribution in [3.63, 3.8) is 0 Å². The van der Waals surface area contributed by atoms with Crippen LogP contribution in [-0.4, -0.2) is 37.8 Å². The minimum atomic E-state index is -3.58. The zero-order chi connectivity index (χ0) is 20.4. The normalized spacial score (nSPS) is 19.8. The summed E-state index contributed by atoms with van der Waals surface area (Å²) in [5, 5.41) is 3.38. The molecule has 0 aromatic heterocycles. The van der Waals surface area contributed by atoms with E-state index in [0.29, 0.717) is 36.0 Å². The van der Waals surface area contributed by atoms with Crippen molar-refractivity contribution in [1.82, 2.24) is 4.31 Å². The lowest BCUT2D eigenvalue weighted by molar-refractivity contribution is -0.122. The lowest BCUT2D eigenvalue weighted by Gasteiger charge is -2.20. The van der Waals surface area contributed by atoms with Gasteiger partial charge in [0.2, 0.25) is 10.0 Å². The number of carbonyl (C=O) groups excluding carboxylic acids is 1. The second-order valence-corrected chi connectivity index (χ2v) is 9.77. The molecule has 2 heterocycles. The third kappa shape index (κ3) is 4.42. The molecular weight excluding hydrogens is 412 g/mol. The van der Waals surface area contributed by atoms with Crippen LogP contribution in [-0.2, 0) is 21.2 Å². The van der Waals surface area contributed by atoms with Gasteiger partial charge in [-0.25, -0.2) is 8.42 Å². The zero-order valence-corrected chi connectivity index (χ0v) is 17.5. The fourth-order valence-electron chi connectivity index (χ4n) is 3.75. The van der Waals surface area contributed by atoms with Crippen LogP contribution in [0.1, 0.15) is 31.2 Å². The van der Waals surface area contributed by atoms with Crippen LogP contribution in [0, 0.1) is 0 Å². The van der Waals surface area contributed by atoms with Gasteiger partial charge in [-0.1, -0.05) is 30.5 Å². The van der Waals surface area contributed by atoms with Crippen LogP contribution in [0.4, 0.5) is 5.69 Å². The van der Waals surface area contributed by atoms with Crippen molar-refractivity contribution in [2.75, 3.05) is 18.4 Å². The molecule has 1 amide bonds. The van der Waals surface area contributed by atoms with Gasteiger partial charge in [0, 0.05) is 30.2 Å². The summed E-state index contributed by atoms with van der Waals surface area (Å²) in [6.07, 6.45) is 3.61. The van der Waals surface area contributed by atoms with Crippen LogP contribution in [0.25, 0.3) is 0 Å². The molecular formula is C21H23ClN2O4S. The van der Waals surface area contributed by atoms with Crippen molar-refractivity contribution in [3.8, 4) is 5.75 Å². The second kappa shape index (κ2) is 8.34. The number of nitrogens with one attached hydrogen (secondary N) is 1. The largest absolute Gasteiger partial charge is 0.480 e. The van der Waals surface area contributed by atoms with Gasteiger partial charge in [0.25, 0.3) is 5.91 Å². The number of carbonyl (C=O) groups is 1. The Kier molecular flexibility index (Phi) is 5.81. The summed E-state index contributed by atoms with van der Waals surface area (Å²) in [5.74, 6) is 0.327. The molecule has 2 aliphatic heterocycles. The number of halogens is 1. The molecule has 6 nitrogen and oxygen atoms in total.